The van der Waals surface area contributed by atoms with Crippen LogP contribution in [0.15, 0.2) is 59.5 Å². The van der Waals surface area contributed by atoms with Crippen LogP contribution in [0.3, 0.4) is 0 Å². The number of nitrogens with zero attached hydrogens (tertiary/aromatic N) is 1. The maximum Gasteiger partial charge on any atom is 0.251 e. The fraction of sp³-hybridized carbons (Fsp3) is 0.387. The maximum absolute atomic E-state index is 13.8. The van der Waals surface area contributed by atoms with Gasteiger partial charge in [0.1, 0.15) is 0 Å². The van der Waals surface area contributed by atoms with Crippen molar-refractivity contribution in [3.05, 3.63) is 92.4 Å². The monoisotopic (exact) mass is 548 g/mol. The number of primary amides is 1. The Balaban J connectivity index is 1.54. The predicted molar refractivity (Wildman–Crippen MR) is 150 cm³/mol. The molecule has 1 aliphatic heterocycles. The average molecular weight is 549 g/mol. The van der Waals surface area contributed by atoms with E-state index in [4.69, 9.17) is 26.8 Å². The zero-order valence-electron chi connectivity index (χ0n) is 22.2. The number of hydrogen-bond acceptors (Lipinski definition) is 5. The number of benzene rings is 2. The Morgan fingerprint density at radius 1 is 1.10 bits per heavy atom. The van der Waals surface area contributed by atoms with Crippen LogP contribution >= 0.6 is 11.6 Å². The second kappa shape index (κ2) is 11.5. The van der Waals surface area contributed by atoms with Crippen LogP contribution in [0.4, 0.5) is 0 Å². The van der Waals surface area contributed by atoms with Gasteiger partial charge in [0.2, 0.25) is 5.91 Å². The Bertz CT molecular complexity index is 1440. The highest BCUT2D eigenvalue weighted by Gasteiger charge is 2.36. The fourth-order valence-electron chi connectivity index (χ4n) is 5.45. The van der Waals surface area contributed by atoms with Gasteiger partial charge in [-0.25, -0.2) is 0 Å². The highest BCUT2D eigenvalue weighted by atomic mass is 35.5. The van der Waals surface area contributed by atoms with Gasteiger partial charge in [-0.15, -0.1) is 0 Å². The highest BCUT2D eigenvalue weighted by Crippen LogP contribution is 2.38. The number of methoxy groups -OCH3 is 1. The molecule has 1 fully saturated rings. The van der Waals surface area contributed by atoms with Gasteiger partial charge in [0.15, 0.2) is 5.78 Å². The van der Waals surface area contributed by atoms with Crippen molar-refractivity contribution in [2.45, 2.75) is 63.9 Å². The molecule has 0 saturated heterocycles. The number of pyridine rings is 1. The normalized spacial score (nSPS) is 18.3. The zero-order valence-corrected chi connectivity index (χ0v) is 22.9. The van der Waals surface area contributed by atoms with Gasteiger partial charge in [-0.3, -0.25) is 14.4 Å². The Kier molecular flexibility index (Phi) is 8.03. The first-order valence-electron chi connectivity index (χ1n) is 13.3. The Morgan fingerprint density at radius 3 is 2.49 bits per heavy atom. The molecule has 2 aliphatic rings. The lowest BCUT2D eigenvalue weighted by Crippen LogP contribution is -2.34. The van der Waals surface area contributed by atoms with Crippen molar-refractivity contribution in [2.24, 2.45) is 11.7 Å². The Hall–Kier alpha value is -3.26. The quantitative estimate of drug-likeness (QED) is 0.410. The molecule has 7 nitrogen and oxygen atoms in total. The van der Waals surface area contributed by atoms with Gasteiger partial charge in [0, 0.05) is 48.4 Å². The van der Waals surface area contributed by atoms with Crippen LogP contribution in [0.2, 0.25) is 5.02 Å². The fourth-order valence-corrected chi connectivity index (χ4v) is 5.63. The van der Waals surface area contributed by atoms with E-state index in [1.807, 2.05) is 25.1 Å². The molecule has 8 heteroatoms. The molecule has 204 valence electrons. The van der Waals surface area contributed by atoms with Crippen molar-refractivity contribution >= 4 is 23.3 Å². The third-order valence-corrected chi connectivity index (χ3v) is 8.02. The van der Waals surface area contributed by atoms with Crippen LogP contribution < -0.4 is 11.3 Å². The van der Waals surface area contributed by atoms with E-state index in [1.54, 1.807) is 48.2 Å². The first kappa shape index (κ1) is 27.3. The number of fused-ring (bicyclic) bond motifs is 3. The number of carbonyl (C=O) groups is 2. The van der Waals surface area contributed by atoms with Gasteiger partial charge >= 0.3 is 0 Å². The van der Waals surface area contributed by atoms with E-state index in [9.17, 15) is 14.4 Å². The molecular formula is C31H33ClN2O5. The minimum Gasteiger partial charge on any atom is -0.381 e. The zero-order chi connectivity index (χ0) is 27.7. The van der Waals surface area contributed by atoms with Gasteiger partial charge in [-0.1, -0.05) is 29.8 Å². The number of hydrogen-bond donors (Lipinski definition) is 1. The van der Waals surface area contributed by atoms with Crippen LogP contribution in [0, 0.1) is 5.92 Å². The summed E-state index contributed by atoms with van der Waals surface area (Å²) in [5.74, 6) is -0.238. The predicted octanol–water partition coefficient (Wildman–Crippen LogP) is 4.90. The molecule has 3 aromatic rings. The summed E-state index contributed by atoms with van der Waals surface area (Å²) >= 11 is 6.35. The molecule has 0 bridgehead atoms. The molecule has 3 atom stereocenters. The van der Waals surface area contributed by atoms with Crippen LogP contribution in [0.5, 0.6) is 0 Å². The molecule has 0 unspecified atom stereocenters. The van der Waals surface area contributed by atoms with Gasteiger partial charge in [0.05, 0.1) is 24.9 Å². The number of amides is 1. The van der Waals surface area contributed by atoms with Gasteiger partial charge in [-0.05, 0) is 78.6 Å². The van der Waals surface area contributed by atoms with Crippen molar-refractivity contribution in [1.82, 2.24) is 4.57 Å². The summed E-state index contributed by atoms with van der Waals surface area (Å²) < 4.78 is 13.4. The average Bonchev–Trinajstić information content (AvgIpc) is 3.75. The van der Waals surface area contributed by atoms with Crippen LogP contribution in [-0.2, 0) is 33.7 Å². The summed E-state index contributed by atoms with van der Waals surface area (Å²) in [5.41, 5.74) is 9.80. The molecule has 1 saturated carbocycles. The number of aromatic nitrogens is 1. The minimum absolute atomic E-state index is 0.0213. The molecule has 0 radical (unpaired) electrons. The van der Waals surface area contributed by atoms with E-state index in [-0.39, 0.29) is 30.0 Å². The third kappa shape index (κ3) is 6.16. The van der Waals surface area contributed by atoms with E-state index in [0.717, 1.165) is 40.7 Å². The summed E-state index contributed by atoms with van der Waals surface area (Å²) in [6, 6.07) is 13.3. The Labute approximate surface area is 232 Å². The van der Waals surface area contributed by atoms with Crippen molar-refractivity contribution < 1.29 is 19.1 Å². The SMILES string of the molecule is CO[C@H](C[C@@H](C(=O)Cc1ccc(C(N)=O)cc1)n1cc2c(cc1=O)-c1cc(Cl)ccc1C[C@@H](C)OC2)C1CC1. The third-order valence-electron chi connectivity index (χ3n) is 7.79. The number of ether oxygens (including phenoxy) is 2. The summed E-state index contributed by atoms with van der Waals surface area (Å²) in [7, 11) is 1.66. The van der Waals surface area contributed by atoms with E-state index in [1.165, 1.54) is 0 Å². The summed E-state index contributed by atoms with van der Waals surface area (Å²) in [4.78, 5) is 38.9. The molecule has 2 heterocycles. The molecule has 1 aromatic heterocycles. The molecule has 2 N–H and O–H groups in total. The van der Waals surface area contributed by atoms with Gasteiger partial charge in [-0.2, -0.15) is 0 Å². The second-order valence-corrected chi connectivity index (χ2v) is 11.1. The van der Waals surface area contributed by atoms with Gasteiger partial charge in [0.25, 0.3) is 5.56 Å². The number of rotatable bonds is 9. The molecule has 39 heavy (non-hydrogen) atoms. The number of carbonyl (C=O) groups excluding carboxylic acids is 2. The molecule has 0 spiro atoms. The lowest BCUT2D eigenvalue weighted by Gasteiger charge is -2.27. The van der Waals surface area contributed by atoms with E-state index in [0.29, 0.717) is 36.0 Å². The second-order valence-electron chi connectivity index (χ2n) is 10.7. The minimum atomic E-state index is -0.717. The molecule has 1 amide bonds. The number of ketones is 1. The lowest BCUT2D eigenvalue weighted by atomic mass is 9.92. The highest BCUT2D eigenvalue weighted by molar-refractivity contribution is 6.30. The van der Waals surface area contributed by atoms with Crippen molar-refractivity contribution in [3.8, 4) is 11.1 Å². The molecule has 5 rings (SSSR count). The number of nitrogens with two attached hydrogens (primary N) is 1. The summed E-state index contributed by atoms with van der Waals surface area (Å²) in [5, 5.41) is 0.598. The van der Waals surface area contributed by atoms with Gasteiger partial charge < -0.3 is 19.8 Å². The van der Waals surface area contributed by atoms with Crippen molar-refractivity contribution in [2.75, 3.05) is 7.11 Å². The standard InChI is InChI=1S/C31H33ClN2O5/c1-18-11-22-9-10-24(32)13-25(22)26-14-30(36)34(16-23(26)17-39-18)27(15-29(38-2)20-7-8-20)28(35)12-19-3-5-21(6-4-19)31(33)37/h3-6,9-10,13-14,16,18,20,27,29H,7-8,11-12,15,17H2,1-2H3,(H2,33,37)/t18-,27+,29-/m1/s1. The van der Waals surface area contributed by atoms with E-state index >= 15 is 0 Å². The van der Waals surface area contributed by atoms with E-state index in [2.05, 4.69) is 0 Å². The molecule has 1 aliphatic carbocycles. The van der Waals surface area contributed by atoms with Crippen LogP contribution in [-0.4, -0.2) is 35.6 Å². The van der Waals surface area contributed by atoms with Crippen molar-refractivity contribution in [1.29, 1.82) is 0 Å². The van der Waals surface area contributed by atoms with Crippen LogP contribution in [0.1, 0.15) is 59.3 Å². The molecule has 2 aromatic carbocycles. The Morgan fingerprint density at radius 2 is 1.82 bits per heavy atom. The van der Waals surface area contributed by atoms with Crippen LogP contribution in [0.25, 0.3) is 11.1 Å². The van der Waals surface area contributed by atoms with E-state index < -0.39 is 11.9 Å². The lowest BCUT2D eigenvalue weighted by molar-refractivity contribution is -0.122. The smallest absolute Gasteiger partial charge is 0.251 e. The summed E-state index contributed by atoms with van der Waals surface area (Å²) in [6.07, 6.45) is 4.96. The van der Waals surface area contributed by atoms with Crippen molar-refractivity contribution in [3.63, 3.8) is 0 Å². The number of halogens is 1. The number of Topliss-reactive ketones (excluding diaryl/α,β-unsaturated/α-hetero) is 1. The topological polar surface area (TPSA) is 101 Å². The maximum atomic E-state index is 13.8. The first-order chi connectivity index (χ1) is 18.7. The summed E-state index contributed by atoms with van der Waals surface area (Å²) in [6.45, 7) is 2.34. The molecular weight excluding hydrogens is 516 g/mol. The largest absolute Gasteiger partial charge is 0.381 e. The first-order valence-corrected chi connectivity index (χ1v) is 13.7.